The molecule has 0 saturated heterocycles. The predicted molar refractivity (Wildman–Crippen MR) is 181 cm³/mol. The van der Waals surface area contributed by atoms with Crippen LogP contribution in [0.25, 0.3) is 0 Å². The predicted octanol–water partition coefficient (Wildman–Crippen LogP) is 8.19. The van der Waals surface area contributed by atoms with Gasteiger partial charge in [-0.05, 0) is 56.2 Å². The number of carbonyl (C=O) groups excluding carboxylic acids is 2. The van der Waals surface area contributed by atoms with Crippen molar-refractivity contribution < 1.29 is 42.9 Å². The number of benzene rings is 1. The van der Waals surface area contributed by atoms with E-state index < -0.39 is 41.3 Å². The van der Waals surface area contributed by atoms with Crippen molar-refractivity contribution in [3.8, 4) is 5.75 Å². The van der Waals surface area contributed by atoms with Gasteiger partial charge in [-0.2, -0.15) is 0 Å². The highest BCUT2D eigenvalue weighted by Gasteiger charge is 2.46. The molecular weight excluding hydrogens is 608 g/mol. The molecule has 0 fully saturated rings. The Kier molecular flexibility index (Phi) is 20.9. The highest BCUT2D eigenvalue weighted by atomic mass is 19.3. The molecule has 1 amide bonds. The first kappa shape index (κ1) is 42.0. The Hall–Kier alpha value is -3.01. The minimum Gasteiger partial charge on any atom is -0.494 e. The van der Waals surface area contributed by atoms with Crippen LogP contribution in [0.5, 0.6) is 5.75 Å². The van der Waals surface area contributed by atoms with Gasteiger partial charge in [0, 0.05) is 19.3 Å². The molecule has 0 spiro atoms. The molecule has 268 valence electrons. The Morgan fingerprint density at radius 3 is 2.00 bits per heavy atom. The quantitative estimate of drug-likeness (QED) is 0.0491. The lowest BCUT2D eigenvalue weighted by Gasteiger charge is -2.30. The van der Waals surface area contributed by atoms with Gasteiger partial charge in [0.2, 0.25) is 11.8 Å². The van der Waals surface area contributed by atoms with E-state index in [2.05, 4.69) is 19.2 Å². The number of aliphatic carboxylic acids is 1. The van der Waals surface area contributed by atoms with Gasteiger partial charge in [0.05, 0.1) is 19.6 Å². The lowest BCUT2D eigenvalue weighted by Crippen LogP contribution is -2.54. The van der Waals surface area contributed by atoms with E-state index in [-0.39, 0.29) is 25.7 Å². The lowest BCUT2D eigenvalue weighted by molar-refractivity contribution is -0.167. The minimum absolute atomic E-state index is 0.0651. The molecule has 0 aliphatic heterocycles. The summed E-state index contributed by atoms with van der Waals surface area (Å²) in [5.41, 5.74) is -1.67. The summed E-state index contributed by atoms with van der Waals surface area (Å²) in [7, 11) is 1.20. The number of unbranched alkanes of at least 4 members (excludes halogenated alkanes) is 9. The van der Waals surface area contributed by atoms with Gasteiger partial charge in [-0.3, -0.25) is 4.79 Å². The molecule has 0 bridgehead atoms. The van der Waals surface area contributed by atoms with Crippen molar-refractivity contribution in [3.63, 3.8) is 0 Å². The molecule has 1 unspecified atom stereocenters. The van der Waals surface area contributed by atoms with E-state index in [1.54, 1.807) is 37.3 Å². The fourth-order valence-corrected chi connectivity index (χ4v) is 5.47. The van der Waals surface area contributed by atoms with Gasteiger partial charge in [-0.1, -0.05) is 96.4 Å². The standard InChI is InChI=1S/C37H59F2NO7/c1-5-8-10-14-17-25-36(38,39)26-18-15-12-11-13-16-19-31(37(45,24-7-3)35(43)44)33(41)40-32(34(42)46-4)28-29-20-22-30(23-21-29)47-27-9-6-2/h16,19-23,31-32,45H,5-15,17-18,24-28H2,1-4H3,(H,40,41)(H,43,44)/b19-16+/t31-,32?,37+/m1/s1. The van der Waals surface area contributed by atoms with Crippen molar-refractivity contribution in [2.24, 2.45) is 5.92 Å². The van der Waals surface area contributed by atoms with Crippen molar-refractivity contribution in [1.82, 2.24) is 5.32 Å². The molecule has 0 aromatic heterocycles. The Balaban J connectivity index is 2.83. The van der Waals surface area contributed by atoms with E-state index in [0.29, 0.717) is 57.3 Å². The molecule has 3 atom stereocenters. The number of carbonyl (C=O) groups is 3. The zero-order valence-electron chi connectivity index (χ0n) is 29.0. The van der Waals surface area contributed by atoms with Gasteiger partial charge in [0.1, 0.15) is 11.8 Å². The largest absolute Gasteiger partial charge is 0.494 e. The van der Waals surface area contributed by atoms with Gasteiger partial charge in [0.25, 0.3) is 0 Å². The fraction of sp³-hybridized carbons (Fsp3) is 0.703. The second-order valence-corrected chi connectivity index (χ2v) is 12.5. The third-order valence-corrected chi connectivity index (χ3v) is 8.37. The van der Waals surface area contributed by atoms with Crippen LogP contribution in [-0.2, 0) is 25.5 Å². The molecule has 0 heterocycles. The molecule has 1 rings (SSSR count). The average molecular weight is 668 g/mol. The van der Waals surface area contributed by atoms with Crippen LogP contribution in [0.3, 0.4) is 0 Å². The number of alkyl halides is 2. The van der Waals surface area contributed by atoms with Crippen molar-refractivity contribution in [3.05, 3.63) is 42.0 Å². The Morgan fingerprint density at radius 2 is 1.45 bits per heavy atom. The minimum atomic E-state index is -2.64. The van der Waals surface area contributed by atoms with E-state index in [1.807, 2.05) is 0 Å². The van der Waals surface area contributed by atoms with Crippen LogP contribution < -0.4 is 10.1 Å². The third-order valence-electron chi connectivity index (χ3n) is 8.37. The van der Waals surface area contributed by atoms with Crippen LogP contribution in [0.1, 0.15) is 129 Å². The molecule has 0 aliphatic carbocycles. The number of methoxy groups -OCH3 is 1. The number of hydrogen-bond acceptors (Lipinski definition) is 6. The van der Waals surface area contributed by atoms with Crippen LogP contribution in [-0.4, -0.2) is 59.3 Å². The number of hydrogen-bond donors (Lipinski definition) is 3. The van der Waals surface area contributed by atoms with Crippen LogP contribution in [0.15, 0.2) is 36.4 Å². The van der Waals surface area contributed by atoms with Gasteiger partial charge in [-0.15, -0.1) is 0 Å². The topological polar surface area (TPSA) is 122 Å². The van der Waals surface area contributed by atoms with Crippen molar-refractivity contribution >= 4 is 17.8 Å². The van der Waals surface area contributed by atoms with E-state index in [9.17, 15) is 33.4 Å². The Bertz CT molecular complexity index is 1060. The number of aliphatic hydroxyl groups is 1. The van der Waals surface area contributed by atoms with Crippen LogP contribution in [0.4, 0.5) is 8.78 Å². The Morgan fingerprint density at radius 1 is 0.851 bits per heavy atom. The first-order valence-electron chi connectivity index (χ1n) is 17.5. The number of allylic oxidation sites excluding steroid dienone is 1. The number of amides is 1. The van der Waals surface area contributed by atoms with E-state index in [1.165, 1.54) is 13.2 Å². The van der Waals surface area contributed by atoms with E-state index in [0.717, 1.165) is 44.1 Å². The highest BCUT2D eigenvalue weighted by molar-refractivity contribution is 5.92. The summed E-state index contributed by atoms with van der Waals surface area (Å²) in [4.78, 5) is 38.4. The number of carboxylic acid groups (broad SMARTS) is 1. The van der Waals surface area contributed by atoms with Crippen LogP contribution in [0, 0.1) is 5.92 Å². The molecule has 1 aromatic rings. The second-order valence-electron chi connectivity index (χ2n) is 12.5. The smallest absolute Gasteiger partial charge is 0.336 e. The lowest BCUT2D eigenvalue weighted by atomic mass is 9.82. The molecule has 47 heavy (non-hydrogen) atoms. The first-order valence-corrected chi connectivity index (χ1v) is 17.5. The molecule has 0 saturated carbocycles. The number of ether oxygens (including phenoxy) is 2. The van der Waals surface area contributed by atoms with Gasteiger partial charge in [0.15, 0.2) is 5.60 Å². The molecule has 1 aromatic carbocycles. The number of nitrogens with one attached hydrogen (secondary N) is 1. The second kappa shape index (κ2) is 23.3. The van der Waals surface area contributed by atoms with Crippen LogP contribution >= 0.6 is 0 Å². The van der Waals surface area contributed by atoms with Gasteiger partial charge < -0.3 is 25.0 Å². The van der Waals surface area contributed by atoms with Crippen LogP contribution in [0.2, 0.25) is 0 Å². The summed E-state index contributed by atoms with van der Waals surface area (Å²) >= 11 is 0. The van der Waals surface area contributed by atoms with Gasteiger partial charge in [-0.25, -0.2) is 18.4 Å². The molecule has 0 aliphatic rings. The normalized spacial score (nSPS) is 14.4. The SMILES string of the molecule is CCCCCCCC(F)(F)CCCCCC/C=C/[C@H](C(=O)NC(Cc1ccc(OCCCC)cc1)C(=O)OC)[C@@](O)(CCC)C(=O)O. The van der Waals surface area contributed by atoms with E-state index >= 15 is 0 Å². The summed E-state index contributed by atoms with van der Waals surface area (Å²) in [6.45, 7) is 6.46. The zero-order valence-corrected chi connectivity index (χ0v) is 29.0. The monoisotopic (exact) mass is 667 g/mol. The first-order chi connectivity index (χ1) is 22.4. The maximum atomic E-state index is 14.2. The van der Waals surface area contributed by atoms with Gasteiger partial charge >= 0.3 is 11.9 Å². The Labute approximate surface area is 280 Å². The molecule has 3 N–H and O–H groups in total. The highest BCUT2D eigenvalue weighted by Crippen LogP contribution is 2.29. The molecule has 8 nitrogen and oxygen atoms in total. The molecule has 0 radical (unpaired) electrons. The third kappa shape index (κ3) is 16.6. The average Bonchev–Trinajstić information content (AvgIpc) is 3.04. The van der Waals surface area contributed by atoms with Crippen molar-refractivity contribution in [2.75, 3.05) is 13.7 Å². The molecular formula is C37H59F2NO7. The maximum Gasteiger partial charge on any atom is 0.336 e. The summed E-state index contributed by atoms with van der Waals surface area (Å²) in [5.74, 6) is -6.49. The zero-order chi connectivity index (χ0) is 35.1. The summed E-state index contributed by atoms with van der Waals surface area (Å²) in [5, 5.41) is 23.7. The van der Waals surface area contributed by atoms with E-state index in [4.69, 9.17) is 9.47 Å². The summed E-state index contributed by atoms with van der Waals surface area (Å²) in [6.07, 6.45) is 12.4. The number of carboxylic acids is 1. The number of rotatable bonds is 27. The van der Waals surface area contributed by atoms with Crippen molar-refractivity contribution in [2.45, 2.75) is 147 Å². The fourth-order valence-electron chi connectivity index (χ4n) is 5.47. The van der Waals surface area contributed by atoms with Crippen molar-refractivity contribution in [1.29, 1.82) is 0 Å². The molecule has 10 heteroatoms. The number of halogens is 2. The summed E-state index contributed by atoms with van der Waals surface area (Å²) < 4.78 is 38.9. The number of esters is 1. The summed E-state index contributed by atoms with van der Waals surface area (Å²) in [6, 6.07) is 5.99. The maximum absolute atomic E-state index is 14.2.